The highest BCUT2D eigenvalue weighted by Gasteiger charge is 2.27. The van der Waals surface area contributed by atoms with Crippen LogP contribution in [0.25, 0.3) is 0 Å². The van der Waals surface area contributed by atoms with Crippen molar-refractivity contribution in [2.75, 3.05) is 43.9 Å². The van der Waals surface area contributed by atoms with Crippen molar-refractivity contribution in [1.29, 1.82) is 0 Å². The molecule has 1 saturated heterocycles. The van der Waals surface area contributed by atoms with Gasteiger partial charge in [-0.3, -0.25) is 0 Å². The number of likely N-dealkylation sites (tertiary alicyclic amines) is 1. The molecule has 1 fully saturated rings. The van der Waals surface area contributed by atoms with Crippen LogP contribution in [0.15, 0.2) is 12.1 Å². The van der Waals surface area contributed by atoms with Crippen LogP contribution in [0.2, 0.25) is 0 Å². The number of nitrogens with two attached hydrogens (primary N) is 1. The van der Waals surface area contributed by atoms with E-state index in [1.165, 1.54) is 23.2 Å². The number of hydrogen-bond acceptors (Lipinski definition) is 3. The summed E-state index contributed by atoms with van der Waals surface area (Å²) in [5.41, 5.74) is 10.6. The Balaban J connectivity index is 1.87. The Bertz CT molecular complexity index is 581. The Kier molecular flexibility index (Phi) is 4.64. The summed E-state index contributed by atoms with van der Waals surface area (Å²) in [6, 6.07) is 4.29. The standard InChI is InChI=1S/C18H28N4O/c1-3-14-11-16(19)12-15-13-22(10-9-20(2)17(14)15)18(23)21-7-5-4-6-8-21/h11-12H,3-10,13,19H2,1-2H3. The first-order valence-corrected chi connectivity index (χ1v) is 8.76. The smallest absolute Gasteiger partial charge is 0.320 e. The highest BCUT2D eigenvalue weighted by atomic mass is 16.2. The molecule has 0 spiro atoms. The Morgan fingerprint density at radius 2 is 1.83 bits per heavy atom. The van der Waals surface area contributed by atoms with Gasteiger partial charge in [0.1, 0.15) is 0 Å². The van der Waals surface area contributed by atoms with Crippen molar-refractivity contribution >= 4 is 17.4 Å². The van der Waals surface area contributed by atoms with Crippen molar-refractivity contribution in [2.45, 2.75) is 39.2 Å². The van der Waals surface area contributed by atoms with Crippen molar-refractivity contribution in [2.24, 2.45) is 0 Å². The monoisotopic (exact) mass is 316 g/mol. The molecule has 2 aliphatic heterocycles. The molecule has 3 rings (SSSR count). The third-order valence-electron chi connectivity index (χ3n) is 5.02. The minimum absolute atomic E-state index is 0.187. The van der Waals surface area contributed by atoms with Gasteiger partial charge in [0, 0.05) is 51.1 Å². The summed E-state index contributed by atoms with van der Waals surface area (Å²) in [7, 11) is 2.11. The molecule has 1 aromatic rings. The fraction of sp³-hybridized carbons (Fsp3) is 0.611. The summed E-state index contributed by atoms with van der Waals surface area (Å²) >= 11 is 0. The number of carbonyl (C=O) groups is 1. The van der Waals surface area contributed by atoms with Crippen molar-refractivity contribution < 1.29 is 4.79 Å². The van der Waals surface area contributed by atoms with Gasteiger partial charge in [-0.2, -0.15) is 0 Å². The molecule has 0 bridgehead atoms. The molecule has 23 heavy (non-hydrogen) atoms. The number of piperidine rings is 1. The average molecular weight is 316 g/mol. The van der Waals surface area contributed by atoms with E-state index < -0.39 is 0 Å². The van der Waals surface area contributed by atoms with E-state index in [1.807, 2.05) is 15.9 Å². The Morgan fingerprint density at radius 3 is 2.52 bits per heavy atom. The topological polar surface area (TPSA) is 52.8 Å². The highest BCUT2D eigenvalue weighted by Crippen LogP contribution is 2.31. The second kappa shape index (κ2) is 6.69. The first kappa shape index (κ1) is 16.0. The Hall–Kier alpha value is -1.91. The van der Waals surface area contributed by atoms with Gasteiger partial charge in [-0.05, 0) is 48.9 Å². The molecule has 0 radical (unpaired) electrons. The maximum atomic E-state index is 12.9. The van der Waals surface area contributed by atoms with Crippen LogP contribution in [-0.2, 0) is 13.0 Å². The molecule has 5 nitrogen and oxygen atoms in total. The third-order valence-corrected chi connectivity index (χ3v) is 5.02. The molecule has 1 aromatic carbocycles. The van der Waals surface area contributed by atoms with Crippen LogP contribution < -0.4 is 10.6 Å². The second-order valence-corrected chi connectivity index (χ2v) is 6.71. The van der Waals surface area contributed by atoms with Crippen molar-refractivity contribution in [3.63, 3.8) is 0 Å². The molecule has 0 aliphatic carbocycles. The van der Waals surface area contributed by atoms with Crippen LogP contribution >= 0.6 is 0 Å². The van der Waals surface area contributed by atoms with Crippen LogP contribution in [0.3, 0.4) is 0 Å². The fourth-order valence-electron chi connectivity index (χ4n) is 3.78. The van der Waals surface area contributed by atoms with E-state index in [4.69, 9.17) is 5.73 Å². The summed E-state index contributed by atoms with van der Waals surface area (Å²) in [5, 5.41) is 0. The van der Waals surface area contributed by atoms with E-state index in [0.717, 1.165) is 51.1 Å². The van der Waals surface area contributed by atoms with Gasteiger partial charge in [0.25, 0.3) is 0 Å². The van der Waals surface area contributed by atoms with Gasteiger partial charge in [0.15, 0.2) is 0 Å². The average Bonchev–Trinajstić information content (AvgIpc) is 2.73. The van der Waals surface area contributed by atoms with E-state index in [0.29, 0.717) is 6.54 Å². The van der Waals surface area contributed by atoms with Crippen molar-refractivity contribution in [3.05, 3.63) is 23.3 Å². The predicted octanol–water partition coefficient (Wildman–Crippen LogP) is 2.69. The quantitative estimate of drug-likeness (QED) is 0.811. The normalized spacial score (nSPS) is 18.6. The molecule has 0 atom stereocenters. The molecule has 2 heterocycles. The van der Waals surface area contributed by atoms with Gasteiger partial charge in [-0.1, -0.05) is 6.92 Å². The fourth-order valence-corrected chi connectivity index (χ4v) is 3.78. The largest absolute Gasteiger partial charge is 0.399 e. The molecule has 0 unspecified atom stereocenters. The molecule has 2 N–H and O–H groups in total. The van der Waals surface area contributed by atoms with Gasteiger partial charge in [0.2, 0.25) is 0 Å². The lowest BCUT2D eigenvalue weighted by Gasteiger charge is -2.32. The Labute approximate surface area is 139 Å². The van der Waals surface area contributed by atoms with E-state index in [9.17, 15) is 4.79 Å². The number of rotatable bonds is 1. The second-order valence-electron chi connectivity index (χ2n) is 6.71. The summed E-state index contributed by atoms with van der Waals surface area (Å²) in [5.74, 6) is 0. The third kappa shape index (κ3) is 3.23. The number of urea groups is 1. The number of hydrogen-bond donors (Lipinski definition) is 1. The zero-order valence-electron chi connectivity index (χ0n) is 14.3. The first-order valence-electron chi connectivity index (χ1n) is 8.76. The molecule has 0 aromatic heterocycles. The van der Waals surface area contributed by atoms with Gasteiger partial charge >= 0.3 is 6.03 Å². The lowest BCUT2D eigenvalue weighted by molar-refractivity contribution is 0.143. The molecule has 2 aliphatic rings. The predicted molar refractivity (Wildman–Crippen MR) is 94.7 cm³/mol. The first-order chi connectivity index (χ1) is 11.1. The van der Waals surface area contributed by atoms with Crippen LogP contribution in [0, 0.1) is 0 Å². The highest BCUT2D eigenvalue weighted by molar-refractivity contribution is 5.76. The molecular formula is C18H28N4O. The summed E-state index contributed by atoms with van der Waals surface area (Å²) in [4.78, 5) is 19.1. The van der Waals surface area contributed by atoms with E-state index in [2.05, 4.69) is 24.9 Å². The van der Waals surface area contributed by atoms with Crippen LogP contribution in [-0.4, -0.2) is 49.1 Å². The number of benzene rings is 1. The van der Waals surface area contributed by atoms with Crippen molar-refractivity contribution in [3.8, 4) is 0 Å². The number of amides is 2. The SMILES string of the molecule is CCc1cc(N)cc2c1N(C)CCN(C(=O)N1CCCCC1)C2. The van der Waals surface area contributed by atoms with Gasteiger partial charge in [-0.25, -0.2) is 4.79 Å². The minimum Gasteiger partial charge on any atom is -0.399 e. The zero-order valence-corrected chi connectivity index (χ0v) is 14.3. The molecule has 126 valence electrons. The van der Waals surface area contributed by atoms with E-state index >= 15 is 0 Å². The van der Waals surface area contributed by atoms with E-state index in [1.54, 1.807) is 0 Å². The van der Waals surface area contributed by atoms with Crippen molar-refractivity contribution in [1.82, 2.24) is 9.80 Å². The summed E-state index contributed by atoms with van der Waals surface area (Å²) in [6.07, 6.45) is 4.45. The number of anilines is 2. The lowest BCUT2D eigenvalue weighted by Crippen LogP contribution is -2.46. The number of nitrogen functional groups attached to an aromatic ring is 1. The summed E-state index contributed by atoms with van der Waals surface area (Å²) < 4.78 is 0. The van der Waals surface area contributed by atoms with Crippen LogP contribution in [0.5, 0.6) is 0 Å². The maximum absolute atomic E-state index is 12.9. The molecular weight excluding hydrogens is 288 g/mol. The molecule has 5 heteroatoms. The zero-order chi connectivity index (χ0) is 16.4. The van der Waals surface area contributed by atoms with Gasteiger partial charge in [0.05, 0.1) is 0 Å². The number of aryl methyl sites for hydroxylation is 1. The number of nitrogens with zero attached hydrogens (tertiary/aromatic N) is 3. The van der Waals surface area contributed by atoms with Gasteiger partial charge < -0.3 is 20.4 Å². The van der Waals surface area contributed by atoms with Crippen LogP contribution in [0.4, 0.5) is 16.2 Å². The number of carbonyl (C=O) groups excluding carboxylic acids is 1. The number of likely N-dealkylation sites (N-methyl/N-ethyl adjacent to an activating group) is 1. The Morgan fingerprint density at radius 1 is 1.09 bits per heavy atom. The summed E-state index contributed by atoms with van der Waals surface area (Å²) in [6.45, 7) is 6.24. The number of fused-ring (bicyclic) bond motifs is 1. The van der Waals surface area contributed by atoms with Crippen LogP contribution in [0.1, 0.15) is 37.3 Å². The maximum Gasteiger partial charge on any atom is 0.320 e. The lowest BCUT2D eigenvalue weighted by atomic mass is 10.0. The molecule has 0 saturated carbocycles. The minimum atomic E-state index is 0.187. The molecule has 2 amide bonds. The van der Waals surface area contributed by atoms with E-state index in [-0.39, 0.29) is 6.03 Å². The van der Waals surface area contributed by atoms with Gasteiger partial charge in [-0.15, -0.1) is 0 Å².